The molecule has 0 spiro atoms. The standard InChI is InChI=1S/C16H13Cl2N3O/c1-9-13(8-19)12(7-15(20-9)16(22)21(2)3)11-5-4-10(17)6-14(11)18/h4-7H,1-3H3. The Morgan fingerprint density at radius 3 is 2.45 bits per heavy atom. The van der Waals surface area contributed by atoms with E-state index < -0.39 is 0 Å². The lowest BCUT2D eigenvalue weighted by Gasteiger charge is -2.14. The molecule has 1 amide bonds. The van der Waals surface area contributed by atoms with Crippen LogP contribution in [0.15, 0.2) is 24.3 Å². The van der Waals surface area contributed by atoms with E-state index in [2.05, 4.69) is 11.1 Å². The highest BCUT2D eigenvalue weighted by Crippen LogP contribution is 2.33. The predicted molar refractivity (Wildman–Crippen MR) is 87.2 cm³/mol. The number of aryl methyl sites for hydroxylation is 1. The maximum atomic E-state index is 12.1. The summed E-state index contributed by atoms with van der Waals surface area (Å²) in [7, 11) is 3.29. The summed E-state index contributed by atoms with van der Waals surface area (Å²) < 4.78 is 0. The third-order valence-electron chi connectivity index (χ3n) is 3.16. The van der Waals surface area contributed by atoms with Gasteiger partial charge < -0.3 is 4.90 Å². The Hall–Kier alpha value is -2.09. The van der Waals surface area contributed by atoms with E-state index in [0.717, 1.165) is 0 Å². The number of nitriles is 1. The molecule has 0 aliphatic carbocycles. The summed E-state index contributed by atoms with van der Waals surface area (Å²) in [6.45, 7) is 1.69. The quantitative estimate of drug-likeness (QED) is 0.836. The van der Waals surface area contributed by atoms with Crippen LogP contribution in [0.3, 0.4) is 0 Å². The SMILES string of the molecule is Cc1nc(C(=O)N(C)C)cc(-c2ccc(Cl)cc2Cl)c1C#N. The zero-order chi connectivity index (χ0) is 16.4. The first-order valence-corrected chi connectivity index (χ1v) is 7.19. The topological polar surface area (TPSA) is 57.0 Å². The van der Waals surface area contributed by atoms with Gasteiger partial charge in [-0.15, -0.1) is 0 Å². The Labute approximate surface area is 138 Å². The van der Waals surface area contributed by atoms with E-state index in [0.29, 0.717) is 32.4 Å². The monoisotopic (exact) mass is 333 g/mol. The summed E-state index contributed by atoms with van der Waals surface area (Å²) in [6, 6.07) is 8.72. The number of aromatic nitrogens is 1. The van der Waals surface area contributed by atoms with Crippen LogP contribution in [-0.4, -0.2) is 29.9 Å². The zero-order valence-corrected chi connectivity index (χ0v) is 13.8. The molecule has 2 aromatic rings. The third-order valence-corrected chi connectivity index (χ3v) is 3.71. The fraction of sp³-hybridized carbons (Fsp3) is 0.188. The summed E-state index contributed by atoms with van der Waals surface area (Å²) in [6.07, 6.45) is 0. The summed E-state index contributed by atoms with van der Waals surface area (Å²) >= 11 is 12.1. The summed E-state index contributed by atoms with van der Waals surface area (Å²) in [5.74, 6) is -0.237. The minimum atomic E-state index is -0.237. The van der Waals surface area contributed by atoms with Crippen molar-refractivity contribution < 1.29 is 4.79 Å². The minimum absolute atomic E-state index is 0.237. The fourth-order valence-electron chi connectivity index (χ4n) is 2.07. The van der Waals surface area contributed by atoms with Gasteiger partial charge in [-0.1, -0.05) is 29.3 Å². The van der Waals surface area contributed by atoms with Gasteiger partial charge in [0.15, 0.2) is 0 Å². The van der Waals surface area contributed by atoms with Crippen molar-refractivity contribution in [3.8, 4) is 17.2 Å². The van der Waals surface area contributed by atoms with Gasteiger partial charge in [-0.25, -0.2) is 4.98 Å². The third kappa shape index (κ3) is 3.06. The van der Waals surface area contributed by atoms with Crippen LogP contribution in [0.1, 0.15) is 21.7 Å². The highest BCUT2D eigenvalue weighted by molar-refractivity contribution is 6.36. The number of hydrogen-bond acceptors (Lipinski definition) is 3. The molecule has 22 heavy (non-hydrogen) atoms. The van der Waals surface area contributed by atoms with Crippen molar-refractivity contribution >= 4 is 29.1 Å². The van der Waals surface area contributed by atoms with Gasteiger partial charge in [0.25, 0.3) is 5.91 Å². The van der Waals surface area contributed by atoms with E-state index in [1.54, 1.807) is 45.3 Å². The van der Waals surface area contributed by atoms with Crippen LogP contribution in [0.4, 0.5) is 0 Å². The van der Waals surface area contributed by atoms with Crippen LogP contribution in [0.5, 0.6) is 0 Å². The molecule has 0 unspecified atom stereocenters. The lowest BCUT2D eigenvalue weighted by atomic mass is 9.98. The van der Waals surface area contributed by atoms with Crippen LogP contribution < -0.4 is 0 Å². The average Bonchev–Trinajstić information content (AvgIpc) is 2.45. The van der Waals surface area contributed by atoms with Gasteiger partial charge in [-0.2, -0.15) is 5.26 Å². The highest BCUT2D eigenvalue weighted by Gasteiger charge is 2.18. The molecule has 0 aliphatic heterocycles. The number of benzene rings is 1. The molecule has 0 radical (unpaired) electrons. The van der Waals surface area contributed by atoms with Gasteiger partial charge in [0.05, 0.1) is 11.3 Å². The Kier molecular flexibility index (Phi) is 4.70. The molecule has 6 heteroatoms. The molecule has 0 atom stereocenters. The van der Waals surface area contributed by atoms with Gasteiger partial charge in [-0.3, -0.25) is 4.79 Å². The number of carbonyl (C=O) groups excluding carboxylic acids is 1. The van der Waals surface area contributed by atoms with Crippen LogP contribution in [0.25, 0.3) is 11.1 Å². The first-order chi connectivity index (χ1) is 10.3. The second kappa shape index (κ2) is 6.35. The Bertz CT molecular complexity index is 795. The molecule has 4 nitrogen and oxygen atoms in total. The molecule has 0 bridgehead atoms. The van der Waals surface area contributed by atoms with Crippen LogP contribution >= 0.6 is 23.2 Å². The molecule has 0 saturated heterocycles. The summed E-state index contributed by atoms with van der Waals surface area (Å²) in [5, 5.41) is 10.3. The molecule has 1 aromatic carbocycles. The molecular formula is C16H13Cl2N3O. The van der Waals surface area contributed by atoms with Crippen LogP contribution in [0, 0.1) is 18.3 Å². The first kappa shape index (κ1) is 16.3. The number of hydrogen-bond donors (Lipinski definition) is 0. The second-order valence-electron chi connectivity index (χ2n) is 4.95. The molecular weight excluding hydrogens is 321 g/mol. The summed E-state index contributed by atoms with van der Waals surface area (Å²) in [5.41, 5.74) is 2.35. The van der Waals surface area contributed by atoms with E-state index in [1.165, 1.54) is 4.90 Å². The van der Waals surface area contributed by atoms with Gasteiger partial charge in [0, 0.05) is 35.3 Å². The Balaban J connectivity index is 2.73. The van der Waals surface area contributed by atoms with Crippen molar-refractivity contribution in [1.29, 1.82) is 5.26 Å². The first-order valence-electron chi connectivity index (χ1n) is 6.44. The second-order valence-corrected chi connectivity index (χ2v) is 5.79. The van der Waals surface area contributed by atoms with Crippen molar-refractivity contribution in [1.82, 2.24) is 9.88 Å². The number of nitrogens with zero attached hydrogens (tertiary/aromatic N) is 3. The fourth-order valence-corrected chi connectivity index (χ4v) is 2.58. The van der Waals surface area contributed by atoms with Gasteiger partial charge in [0.1, 0.15) is 11.8 Å². The molecule has 1 heterocycles. The molecule has 0 saturated carbocycles. The van der Waals surface area contributed by atoms with Crippen LogP contribution in [-0.2, 0) is 0 Å². The number of pyridine rings is 1. The largest absolute Gasteiger partial charge is 0.343 e. The minimum Gasteiger partial charge on any atom is -0.343 e. The highest BCUT2D eigenvalue weighted by atomic mass is 35.5. The van der Waals surface area contributed by atoms with E-state index in [1.807, 2.05) is 0 Å². The predicted octanol–water partition coefficient (Wildman–Crippen LogP) is 3.94. The molecule has 0 aliphatic rings. The molecule has 0 N–H and O–H groups in total. The van der Waals surface area contributed by atoms with Crippen molar-refractivity contribution in [2.24, 2.45) is 0 Å². The maximum absolute atomic E-state index is 12.1. The van der Waals surface area contributed by atoms with Crippen LogP contribution in [0.2, 0.25) is 10.0 Å². The Morgan fingerprint density at radius 1 is 1.23 bits per heavy atom. The van der Waals surface area contributed by atoms with Crippen molar-refractivity contribution in [2.45, 2.75) is 6.92 Å². The maximum Gasteiger partial charge on any atom is 0.271 e. The Morgan fingerprint density at radius 2 is 1.91 bits per heavy atom. The van der Waals surface area contributed by atoms with Gasteiger partial charge in [0.2, 0.25) is 0 Å². The average molecular weight is 334 g/mol. The number of rotatable bonds is 2. The number of amides is 1. The lowest BCUT2D eigenvalue weighted by molar-refractivity contribution is 0.0822. The van der Waals surface area contributed by atoms with Crippen molar-refractivity contribution in [3.63, 3.8) is 0 Å². The van der Waals surface area contributed by atoms with Gasteiger partial charge in [-0.05, 0) is 25.1 Å². The normalized spacial score (nSPS) is 10.2. The van der Waals surface area contributed by atoms with Crippen molar-refractivity contribution in [2.75, 3.05) is 14.1 Å². The lowest BCUT2D eigenvalue weighted by Crippen LogP contribution is -2.23. The van der Waals surface area contributed by atoms with E-state index in [9.17, 15) is 10.1 Å². The molecule has 0 fully saturated rings. The van der Waals surface area contributed by atoms with E-state index in [4.69, 9.17) is 23.2 Å². The van der Waals surface area contributed by atoms with E-state index in [-0.39, 0.29) is 11.6 Å². The summed E-state index contributed by atoms with van der Waals surface area (Å²) in [4.78, 5) is 17.8. The molecule has 2 rings (SSSR count). The number of carbonyl (C=O) groups is 1. The zero-order valence-electron chi connectivity index (χ0n) is 12.3. The smallest absolute Gasteiger partial charge is 0.271 e. The number of halogens is 2. The molecule has 112 valence electrons. The van der Waals surface area contributed by atoms with Gasteiger partial charge >= 0.3 is 0 Å². The molecule has 1 aromatic heterocycles. The van der Waals surface area contributed by atoms with Crippen molar-refractivity contribution in [3.05, 3.63) is 51.3 Å². The van der Waals surface area contributed by atoms with E-state index >= 15 is 0 Å².